The minimum absolute atomic E-state index is 0.0946. The van der Waals surface area contributed by atoms with Crippen LogP contribution >= 0.6 is 0 Å². The molecule has 0 amide bonds. The summed E-state index contributed by atoms with van der Waals surface area (Å²) in [5.74, 6) is 1.28. The van der Waals surface area contributed by atoms with E-state index in [9.17, 15) is 8.42 Å². The fraction of sp³-hybridized carbons (Fsp3) is 0.700. The number of hydrogen-bond acceptors (Lipinski definition) is 4. The molecule has 1 saturated carbocycles. The van der Waals surface area contributed by atoms with Crippen molar-refractivity contribution >= 4 is 10.0 Å². The van der Waals surface area contributed by atoms with Gasteiger partial charge in [-0.2, -0.15) is 0 Å². The monoisotopic (exact) mass is 259 g/mol. The highest BCUT2D eigenvalue weighted by Crippen LogP contribution is 2.28. The van der Waals surface area contributed by atoms with Crippen molar-refractivity contribution < 1.29 is 13.2 Å². The van der Waals surface area contributed by atoms with Gasteiger partial charge in [-0.25, -0.2) is 18.1 Å². The first-order valence-corrected chi connectivity index (χ1v) is 7.15. The summed E-state index contributed by atoms with van der Waals surface area (Å²) in [7, 11) is -3.47. The van der Waals surface area contributed by atoms with E-state index >= 15 is 0 Å². The van der Waals surface area contributed by atoms with E-state index in [0.717, 1.165) is 6.61 Å². The molecule has 0 spiro atoms. The molecular weight excluding hydrogens is 242 g/mol. The Labute approximate surface area is 101 Å². The van der Waals surface area contributed by atoms with Gasteiger partial charge >= 0.3 is 0 Å². The van der Waals surface area contributed by atoms with E-state index in [1.165, 1.54) is 19.0 Å². The maximum atomic E-state index is 11.7. The van der Waals surface area contributed by atoms with Crippen LogP contribution in [0.3, 0.4) is 0 Å². The first-order chi connectivity index (χ1) is 8.08. The zero-order chi connectivity index (χ0) is 12.3. The number of aromatic amines is 1. The molecule has 1 aromatic rings. The van der Waals surface area contributed by atoms with Gasteiger partial charge < -0.3 is 9.72 Å². The first-order valence-electron chi connectivity index (χ1n) is 5.67. The van der Waals surface area contributed by atoms with Gasteiger partial charge in [0, 0.05) is 13.2 Å². The van der Waals surface area contributed by atoms with Crippen LogP contribution in [0.15, 0.2) is 11.2 Å². The third kappa shape index (κ3) is 3.79. The fourth-order valence-electron chi connectivity index (χ4n) is 1.40. The summed E-state index contributed by atoms with van der Waals surface area (Å²) in [6, 6.07) is 0. The summed E-state index contributed by atoms with van der Waals surface area (Å²) in [5, 5.41) is 0.0946. The molecule has 0 unspecified atom stereocenters. The van der Waals surface area contributed by atoms with Crippen LogP contribution in [-0.4, -0.2) is 38.1 Å². The SMILES string of the molecule is Cc1ncc(S(=O)(=O)NCCOCC2CC2)[nH]1. The van der Waals surface area contributed by atoms with Crippen LogP contribution in [0, 0.1) is 12.8 Å². The van der Waals surface area contributed by atoms with Crippen LogP contribution < -0.4 is 4.72 Å². The quantitative estimate of drug-likeness (QED) is 0.695. The molecule has 0 saturated heterocycles. The van der Waals surface area contributed by atoms with Gasteiger partial charge in [-0.3, -0.25) is 0 Å². The molecule has 17 heavy (non-hydrogen) atoms. The molecule has 0 aromatic carbocycles. The lowest BCUT2D eigenvalue weighted by atomic mass is 10.5. The average molecular weight is 259 g/mol. The molecular formula is C10H17N3O3S. The Morgan fingerprint density at radius 3 is 2.94 bits per heavy atom. The lowest BCUT2D eigenvalue weighted by Crippen LogP contribution is -2.28. The topological polar surface area (TPSA) is 84.1 Å². The number of aromatic nitrogens is 2. The molecule has 1 heterocycles. The van der Waals surface area contributed by atoms with Crippen LogP contribution in [0.1, 0.15) is 18.7 Å². The predicted molar refractivity (Wildman–Crippen MR) is 62.1 cm³/mol. The molecule has 0 aliphatic heterocycles. The second-order valence-electron chi connectivity index (χ2n) is 4.25. The number of aryl methyl sites for hydroxylation is 1. The molecule has 1 aliphatic rings. The normalized spacial score (nSPS) is 16.3. The van der Waals surface area contributed by atoms with Crippen LogP contribution in [0.2, 0.25) is 0 Å². The Balaban J connectivity index is 1.73. The number of sulfonamides is 1. The van der Waals surface area contributed by atoms with Crippen molar-refractivity contribution in [3.05, 3.63) is 12.0 Å². The van der Waals surface area contributed by atoms with Crippen LogP contribution in [0.5, 0.6) is 0 Å². The van der Waals surface area contributed by atoms with Crippen molar-refractivity contribution in [3.63, 3.8) is 0 Å². The molecule has 1 aliphatic carbocycles. The third-order valence-corrected chi connectivity index (χ3v) is 3.93. The third-order valence-electron chi connectivity index (χ3n) is 2.56. The maximum absolute atomic E-state index is 11.7. The number of H-pyrrole nitrogens is 1. The fourth-order valence-corrected chi connectivity index (χ4v) is 2.38. The van der Waals surface area contributed by atoms with E-state index in [-0.39, 0.29) is 11.6 Å². The van der Waals surface area contributed by atoms with Crippen LogP contribution in [0.25, 0.3) is 0 Å². The molecule has 6 nitrogen and oxygen atoms in total. The van der Waals surface area contributed by atoms with Crippen molar-refractivity contribution in [2.45, 2.75) is 24.8 Å². The van der Waals surface area contributed by atoms with E-state index in [0.29, 0.717) is 18.3 Å². The average Bonchev–Trinajstić information content (AvgIpc) is 2.98. The second-order valence-corrected chi connectivity index (χ2v) is 5.98. The standard InChI is InChI=1S/C10H17N3O3S/c1-8-11-6-10(13-8)17(14,15)12-4-5-16-7-9-2-3-9/h6,9,12H,2-5,7H2,1H3,(H,11,13). The minimum Gasteiger partial charge on any atom is -0.380 e. The van der Waals surface area contributed by atoms with Gasteiger partial charge in [0.25, 0.3) is 10.0 Å². The van der Waals surface area contributed by atoms with Crippen molar-refractivity contribution in [3.8, 4) is 0 Å². The highest BCUT2D eigenvalue weighted by atomic mass is 32.2. The van der Waals surface area contributed by atoms with Gasteiger partial charge in [0.15, 0.2) is 5.03 Å². The van der Waals surface area contributed by atoms with E-state index in [4.69, 9.17) is 4.74 Å². The van der Waals surface area contributed by atoms with E-state index in [1.54, 1.807) is 6.92 Å². The van der Waals surface area contributed by atoms with Crippen molar-refractivity contribution in [2.75, 3.05) is 19.8 Å². The lowest BCUT2D eigenvalue weighted by Gasteiger charge is -2.05. The Kier molecular flexibility index (Phi) is 3.80. The van der Waals surface area contributed by atoms with Crippen molar-refractivity contribution in [2.24, 2.45) is 5.92 Å². The van der Waals surface area contributed by atoms with Gasteiger partial charge in [0.05, 0.1) is 12.8 Å². The van der Waals surface area contributed by atoms with Gasteiger partial charge in [-0.1, -0.05) is 0 Å². The molecule has 7 heteroatoms. The zero-order valence-corrected chi connectivity index (χ0v) is 10.6. The molecule has 2 rings (SSSR count). The van der Waals surface area contributed by atoms with Gasteiger partial charge in [0.1, 0.15) is 5.82 Å². The molecule has 0 bridgehead atoms. The first kappa shape index (κ1) is 12.5. The summed E-state index contributed by atoms with van der Waals surface area (Å²) in [5.41, 5.74) is 0. The zero-order valence-electron chi connectivity index (χ0n) is 9.77. The minimum atomic E-state index is -3.47. The lowest BCUT2D eigenvalue weighted by molar-refractivity contribution is 0.129. The Morgan fingerprint density at radius 1 is 1.59 bits per heavy atom. The smallest absolute Gasteiger partial charge is 0.257 e. The molecule has 0 radical (unpaired) electrons. The van der Waals surface area contributed by atoms with Gasteiger partial charge in [0.2, 0.25) is 0 Å². The van der Waals surface area contributed by atoms with E-state index in [2.05, 4.69) is 14.7 Å². The molecule has 1 aromatic heterocycles. The van der Waals surface area contributed by atoms with Gasteiger partial charge in [-0.05, 0) is 25.7 Å². The summed E-state index contributed by atoms with van der Waals surface area (Å²) >= 11 is 0. The summed E-state index contributed by atoms with van der Waals surface area (Å²) < 4.78 is 31.2. The Bertz CT molecular complexity index is 465. The number of nitrogens with zero attached hydrogens (tertiary/aromatic N) is 1. The van der Waals surface area contributed by atoms with Crippen LogP contribution in [0.4, 0.5) is 0 Å². The van der Waals surface area contributed by atoms with Crippen molar-refractivity contribution in [1.82, 2.24) is 14.7 Å². The molecule has 1 fully saturated rings. The number of nitrogens with one attached hydrogen (secondary N) is 2. The summed E-state index contributed by atoms with van der Waals surface area (Å²) in [6.07, 6.45) is 3.78. The van der Waals surface area contributed by atoms with Gasteiger partial charge in [-0.15, -0.1) is 0 Å². The predicted octanol–water partition coefficient (Wildman–Crippen LogP) is 0.423. The highest BCUT2D eigenvalue weighted by molar-refractivity contribution is 7.89. The maximum Gasteiger partial charge on any atom is 0.257 e. The molecule has 2 N–H and O–H groups in total. The molecule has 0 atom stereocenters. The highest BCUT2D eigenvalue weighted by Gasteiger charge is 2.21. The number of rotatable bonds is 7. The van der Waals surface area contributed by atoms with E-state index < -0.39 is 10.0 Å². The summed E-state index contributed by atoms with van der Waals surface area (Å²) in [6.45, 7) is 3.14. The van der Waals surface area contributed by atoms with Crippen molar-refractivity contribution in [1.29, 1.82) is 0 Å². The summed E-state index contributed by atoms with van der Waals surface area (Å²) in [4.78, 5) is 6.54. The second kappa shape index (κ2) is 5.16. The number of ether oxygens (including phenoxy) is 1. The Hall–Kier alpha value is -0.920. The van der Waals surface area contributed by atoms with E-state index in [1.807, 2.05) is 0 Å². The molecule has 96 valence electrons. The Morgan fingerprint density at radius 2 is 2.35 bits per heavy atom. The number of imidazole rings is 1. The van der Waals surface area contributed by atoms with Crippen LogP contribution in [-0.2, 0) is 14.8 Å². The largest absolute Gasteiger partial charge is 0.380 e. The number of hydrogen-bond donors (Lipinski definition) is 2.